The maximum atomic E-state index is 10.7. The number of nitro groups is 1. The van der Waals surface area contributed by atoms with Gasteiger partial charge < -0.3 is 4.74 Å². The van der Waals surface area contributed by atoms with Crippen molar-refractivity contribution in [2.24, 2.45) is 0 Å². The molecular weight excluding hydrogens is 256 g/mol. The lowest BCUT2D eigenvalue weighted by Crippen LogP contribution is -1.98. The van der Waals surface area contributed by atoms with Gasteiger partial charge in [-0.1, -0.05) is 18.2 Å². The third-order valence-corrected chi connectivity index (χ3v) is 2.83. The number of nitriles is 1. The summed E-state index contributed by atoms with van der Waals surface area (Å²) >= 11 is 0. The highest BCUT2D eigenvalue weighted by Gasteiger charge is 2.07. The Balaban J connectivity index is 2.15. The summed E-state index contributed by atoms with van der Waals surface area (Å²) in [5.41, 5.74) is 2.17. The summed E-state index contributed by atoms with van der Waals surface area (Å²) in [5.74, 6) is 0.607. The van der Waals surface area contributed by atoms with Gasteiger partial charge in [-0.25, -0.2) is 0 Å². The van der Waals surface area contributed by atoms with Crippen LogP contribution in [0.2, 0.25) is 0 Å². The van der Waals surface area contributed by atoms with Crippen molar-refractivity contribution in [1.29, 1.82) is 5.26 Å². The smallest absolute Gasteiger partial charge is 0.269 e. The van der Waals surface area contributed by atoms with E-state index in [0.29, 0.717) is 16.9 Å². The number of nitro benzene ring substituents is 1. The van der Waals surface area contributed by atoms with Crippen molar-refractivity contribution in [1.82, 2.24) is 0 Å². The van der Waals surface area contributed by atoms with Crippen molar-refractivity contribution in [3.05, 3.63) is 69.3 Å². The molecule has 0 aliphatic rings. The van der Waals surface area contributed by atoms with Crippen molar-refractivity contribution in [2.75, 3.05) is 0 Å². The fraction of sp³-hybridized carbons (Fsp3) is 0.133. The van der Waals surface area contributed by atoms with Gasteiger partial charge in [0.05, 0.1) is 16.6 Å². The summed E-state index contributed by atoms with van der Waals surface area (Å²) in [6, 6.07) is 13.5. The Morgan fingerprint density at radius 2 is 2.10 bits per heavy atom. The molecule has 0 aliphatic heterocycles. The molecule has 0 atom stereocenters. The second-order valence-electron chi connectivity index (χ2n) is 4.31. The lowest BCUT2D eigenvalue weighted by molar-refractivity contribution is -0.384. The predicted octanol–water partition coefficient (Wildman–Crippen LogP) is 3.35. The molecule has 2 rings (SSSR count). The maximum Gasteiger partial charge on any atom is 0.269 e. The molecule has 100 valence electrons. The summed E-state index contributed by atoms with van der Waals surface area (Å²) < 4.78 is 5.63. The van der Waals surface area contributed by atoms with Crippen LogP contribution in [-0.4, -0.2) is 4.92 Å². The number of rotatable bonds is 4. The van der Waals surface area contributed by atoms with Crippen molar-refractivity contribution < 1.29 is 9.66 Å². The van der Waals surface area contributed by atoms with Crippen LogP contribution in [0, 0.1) is 28.4 Å². The van der Waals surface area contributed by atoms with Gasteiger partial charge in [0, 0.05) is 12.1 Å². The van der Waals surface area contributed by atoms with Gasteiger partial charge >= 0.3 is 0 Å². The minimum Gasteiger partial charge on any atom is -0.489 e. The van der Waals surface area contributed by atoms with Crippen LogP contribution < -0.4 is 4.74 Å². The van der Waals surface area contributed by atoms with Gasteiger partial charge in [-0.05, 0) is 30.2 Å². The number of non-ortho nitro benzene ring substituents is 1. The minimum atomic E-state index is -0.439. The molecule has 0 aliphatic carbocycles. The van der Waals surface area contributed by atoms with Crippen LogP contribution in [0.15, 0.2) is 42.5 Å². The van der Waals surface area contributed by atoms with Crippen molar-refractivity contribution in [2.45, 2.75) is 13.5 Å². The van der Waals surface area contributed by atoms with Gasteiger partial charge in [0.1, 0.15) is 12.4 Å². The molecule has 0 fully saturated rings. The molecule has 0 radical (unpaired) electrons. The lowest BCUT2D eigenvalue weighted by atomic mass is 10.1. The van der Waals surface area contributed by atoms with E-state index in [4.69, 9.17) is 10.00 Å². The fourth-order valence-electron chi connectivity index (χ4n) is 1.75. The lowest BCUT2D eigenvalue weighted by Gasteiger charge is -2.09. The number of aryl methyl sites for hydroxylation is 1. The molecule has 0 amide bonds. The predicted molar refractivity (Wildman–Crippen MR) is 73.3 cm³/mol. The van der Waals surface area contributed by atoms with Gasteiger partial charge in [-0.15, -0.1) is 0 Å². The van der Waals surface area contributed by atoms with Gasteiger partial charge in [-0.3, -0.25) is 10.1 Å². The Bertz CT molecular complexity index is 690. The largest absolute Gasteiger partial charge is 0.489 e. The van der Waals surface area contributed by atoms with Gasteiger partial charge in [0.15, 0.2) is 0 Å². The summed E-state index contributed by atoms with van der Waals surface area (Å²) in [6.07, 6.45) is 0. The molecule has 5 nitrogen and oxygen atoms in total. The SMILES string of the molecule is Cc1ccc(C#N)cc1OCc1cccc([N+](=O)[O-])c1. The minimum absolute atomic E-state index is 0.0357. The first kappa shape index (κ1) is 13.6. The van der Waals surface area contributed by atoms with Crippen LogP contribution in [0.5, 0.6) is 5.75 Å². The average molecular weight is 268 g/mol. The number of hydrogen-bond acceptors (Lipinski definition) is 4. The monoisotopic (exact) mass is 268 g/mol. The van der Waals surface area contributed by atoms with E-state index in [-0.39, 0.29) is 12.3 Å². The number of nitrogens with zero attached hydrogens (tertiary/aromatic N) is 2. The zero-order valence-corrected chi connectivity index (χ0v) is 10.9. The third-order valence-electron chi connectivity index (χ3n) is 2.83. The second kappa shape index (κ2) is 5.85. The molecular formula is C15H12N2O3. The van der Waals surface area contributed by atoms with E-state index in [1.54, 1.807) is 30.3 Å². The zero-order chi connectivity index (χ0) is 14.5. The van der Waals surface area contributed by atoms with Crippen molar-refractivity contribution >= 4 is 5.69 Å². The number of ether oxygens (including phenoxy) is 1. The summed E-state index contributed by atoms with van der Waals surface area (Å²) in [4.78, 5) is 10.3. The molecule has 0 spiro atoms. The van der Waals surface area contributed by atoms with Crippen LogP contribution >= 0.6 is 0 Å². The molecule has 0 saturated heterocycles. The van der Waals surface area contributed by atoms with E-state index in [0.717, 1.165) is 5.56 Å². The van der Waals surface area contributed by atoms with Crippen molar-refractivity contribution in [3.63, 3.8) is 0 Å². The van der Waals surface area contributed by atoms with Crippen LogP contribution in [0.3, 0.4) is 0 Å². The molecule has 2 aromatic rings. The molecule has 0 N–H and O–H groups in total. The van der Waals surface area contributed by atoms with E-state index in [1.165, 1.54) is 12.1 Å². The fourth-order valence-corrected chi connectivity index (χ4v) is 1.75. The Labute approximate surface area is 116 Å². The van der Waals surface area contributed by atoms with Gasteiger partial charge in [0.25, 0.3) is 5.69 Å². The Morgan fingerprint density at radius 3 is 2.80 bits per heavy atom. The Morgan fingerprint density at radius 1 is 1.30 bits per heavy atom. The van der Waals surface area contributed by atoms with Gasteiger partial charge in [-0.2, -0.15) is 5.26 Å². The number of benzene rings is 2. The van der Waals surface area contributed by atoms with Crippen LogP contribution in [0.1, 0.15) is 16.7 Å². The Kier molecular flexibility index (Phi) is 3.96. The quantitative estimate of drug-likeness (QED) is 0.629. The average Bonchev–Trinajstić information content (AvgIpc) is 2.46. The number of hydrogen-bond donors (Lipinski definition) is 0. The van der Waals surface area contributed by atoms with E-state index in [2.05, 4.69) is 0 Å². The molecule has 5 heteroatoms. The van der Waals surface area contributed by atoms with Crippen LogP contribution in [0.4, 0.5) is 5.69 Å². The van der Waals surface area contributed by atoms with Gasteiger partial charge in [0.2, 0.25) is 0 Å². The second-order valence-corrected chi connectivity index (χ2v) is 4.31. The van der Waals surface area contributed by atoms with Crippen LogP contribution in [-0.2, 0) is 6.61 Å². The summed E-state index contributed by atoms with van der Waals surface area (Å²) in [5, 5.41) is 19.5. The molecule has 0 heterocycles. The Hall–Kier alpha value is -2.87. The molecule has 0 unspecified atom stereocenters. The third kappa shape index (κ3) is 3.12. The van der Waals surface area contributed by atoms with E-state index in [1.807, 2.05) is 13.0 Å². The van der Waals surface area contributed by atoms with Crippen molar-refractivity contribution in [3.8, 4) is 11.8 Å². The first-order valence-corrected chi connectivity index (χ1v) is 5.97. The summed E-state index contributed by atoms with van der Waals surface area (Å²) in [6.45, 7) is 2.10. The zero-order valence-electron chi connectivity index (χ0n) is 10.9. The first-order valence-electron chi connectivity index (χ1n) is 5.97. The normalized spacial score (nSPS) is 9.80. The van der Waals surface area contributed by atoms with E-state index >= 15 is 0 Å². The van der Waals surface area contributed by atoms with E-state index in [9.17, 15) is 10.1 Å². The standard InChI is InChI=1S/C15H12N2O3/c1-11-5-6-12(9-16)8-15(11)20-10-13-3-2-4-14(7-13)17(18)19/h2-8H,10H2,1H3. The molecule has 0 saturated carbocycles. The van der Waals surface area contributed by atoms with E-state index < -0.39 is 4.92 Å². The highest BCUT2D eigenvalue weighted by atomic mass is 16.6. The summed E-state index contributed by atoms with van der Waals surface area (Å²) in [7, 11) is 0. The highest BCUT2D eigenvalue weighted by Crippen LogP contribution is 2.21. The molecule has 20 heavy (non-hydrogen) atoms. The molecule has 0 bridgehead atoms. The van der Waals surface area contributed by atoms with Crippen LogP contribution in [0.25, 0.3) is 0 Å². The molecule has 2 aromatic carbocycles. The topological polar surface area (TPSA) is 76.2 Å². The maximum absolute atomic E-state index is 10.7. The molecule has 0 aromatic heterocycles. The highest BCUT2D eigenvalue weighted by molar-refractivity contribution is 5.42. The first-order chi connectivity index (χ1) is 9.60.